The molecule has 3 aromatic heterocycles. The van der Waals surface area contributed by atoms with Crippen molar-refractivity contribution in [3.63, 3.8) is 0 Å². The largest absolute Gasteiger partial charge is 0.479 e. The highest BCUT2D eigenvalue weighted by Gasteiger charge is 2.15. The Labute approximate surface area is 126 Å². The van der Waals surface area contributed by atoms with Gasteiger partial charge in [-0.3, -0.25) is 4.68 Å². The van der Waals surface area contributed by atoms with Gasteiger partial charge in [0.05, 0.1) is 18.7 Å². The molecule has 3 heterocycles. The van der Waals surface area contributed by atoms with Crippen LogP contribution in [0.2, 0.25) is 0 Å². The van der Waals surface area contributed by atoms with Crippen molar-refractivity contribution in [1.29, 1.82) is 0 Å². The van der Waals surface area contributed by atoms with Crippen molar-refractivity contribution < 1.29 is 4.74 Å². The SMILES string of the molecule is COc1ncnc2c1nc(CCl)n2CCc1ccn(C)n1. The number of nitrogens with zero attached hydrogens (tertiary/aromatic N) is 6. The Hall–Kier alpha value is -2.15. The summed E-state index contributed by atoms with van der Waals surface area (Å²) in [5.74, 6) is 1.52. The van der Waals surface area contributed by atoms with Gasteiger partial charge in [-0.25, -0.2) is 9.97 Å². The van der Waals surface area contributed by atoms with Gasteiger partial charge in [0.25, 0.3) is 0 Å². The van der Waals surface area contributed by atoms with Crippen LogP contribution in [0.5, 0.6) is 5.88 Å². The molecular formula is C13H15ClN6O. The van der Waals surface area contributed by atoms with Crippen molar-refractivity contribution in [2.45, 2.75) is 18.8 Å². The van der Waals surface area contributed by atoms with E-state index in [1.165, 1.54) is 6.33 Å². The van der Waals surface area contributed by atoms with E-state index in [-0.39, 0.29) is 0 Å². The van der Waals surface area contributed by atoms with Crippen LogP contribution in [0.15, 0.2) is 18.6 Å². The van der Waals surface area contributed by atoms with Crippen molar-refractivity contribution >= 4 is 22.8 Å². The van der Waals surface area contributed by atoms with Gasteiger partial charge in [0.2, 0.25) is 5.88 Å². The summed E-state index contributed by atoms with van der Waals surface area (Å²) in [6.07, 6.45) is 4.18. The number of alkyl halides is 1. The molecule has 0 radical (unpaired) electrons. The molecular weight excluding hydrogens is 292 g/mol. The Morgan fingerprint density at radius 1 is 1.33 bits per heavy atom. The average molecular weight is 307 g/mol. The minimum absolute atomic E-state index is 0.307. The van der Waals surface area contributed by atoms with Crippen molar-refractivity contribution in [3.8, 4) is 5.88 Å². The fraction of sp³-hybridized carbons (Fsp3) is 0.385. The molecule has 8 heteroatoms. The third kappa shape index (κ3) is 2.56. The maximum Gasteiger partial charge on any atom is 0.245 e. The average Bonchev–Trinajstić information content (AvgIpc) is 3.07. The first-order valence-corrected chi connectivity index (χ1v) is 7.05. The first kappa shape index (κ1) is 13.8. The van der Waals surface area contributed by atoms with Crippen LogP contribution in [-0.2, 0) is 25.9 Å². The van der Waals surface area contributed by atoms with Crippen LogP contribution in [0.3, 0.4) is 0 Å². The zero-order valence-corrected chi connectivity index (χ0v) is 12.6. The van der Waals surface area contributed by atoms with Crippen LogP contribution in [0.1, 0.15) is 11.5 Å². The van der Waals surface area contributed by atoms with Crippen molar-refractivity contribution in [1.82, 2.24) is 29.3 Å². The molecule has 3 rings (SSSR count). The molecule has 0 bridgehead atoms. The number of rotatable bonds is 5. The molecule has 0 amide bonds. The number of aryl methyl sites for hydroxylation is 3. The number of ether oxygens (including phenoxy) is 1. The van der Waals surface area contributed by atoms with Gasteiger partial charge < -0.3 is 9.30 Å². The van der Waals surface area contributed by atoms with E-state index in [0.29, 0.717) is 23.8 Å². The molecule has 0 spiro atoms. The summed E-state index contributed by atoms with van der Waals surface area (Å²) in [6.45, 7) is 0.704. The van der Waals surface area contributed by atoms with Crippen LogP contribution < -0.4 is 4.74 Å². The van der Waals surface area contributed by atoms with Gasteiger partial charge >= 0.3 is 0 Å². The molecule has 0 N–H and O–H groups in total. The summed E-state index contributed by atoms with van der Waals surface area (Å²) in [4.78, 5) is 12.8. The smallest absolute Gasteiger partial charge is 0.245 e. The van der Waals surface area contributed by atoms with Gasteiger partial charge in [-0.05, 0) is 6.07 Å². The summed E-state index contributed by atoms with van der Waals surface area (Å²) >= 11 is 5.99. The predicted molar refractivity (Wildman–Crippen MR) is 78.3 cm³/mol. The Balaban J connectivity index is 1.96. The second-order valence-corrected chi connectivity index (χ2v) is 4.87. The number of hydrogen-bond acceptors (Lipinski definition) is 5. The summed E-state index contributed by atoms with van der Waals surface area (Å²) in [7, 11) is 3.47. The van der Waals surface area contributed by atoms with E-state index in [9.17, 15) is 0 Å². The van der Waals surface area contributed by atoms with Crippen molar-refractivity contribution in [2.24, 2.45) is 7.05 Å². The molecule has 0 aromatic carbocycles. The molecule has 0 saturated heterocycles. The minimum Gasteiger partial charge on any atom is -0.479 e. The van der Waals surface area contributed by atoms with Gasteiger partial charge in [0.15, 0.2) is 11.2 Å². The number of aromatic nitrogens is 6. The lowest BCUT2D eigenvalue weighted by molar-refractivity contribution is 0.401. The molecule has 0 atom stereocenters. The second-order valence-electron chi connectivity index (χ2n) is 4.60. The van der Waals surface area contributed by atoms with Crippen LogP contribution >= 0.6 is 11.6 Å². The summed E-state index contributed by atoms with van der Waals surface area (Å²) in [5.41, 5.74) is 2.38. The van der Waals surface area contributed by atoms with Crippen LogP contribution in [-0.4, -0.2) is 36.4 Å². The number of fused-ring (bicyclic) bond motifs is 1. The number of hydrogen-bond donors (Lipinski definition) is 0. The summed E-state index contributed by atoms with van der Waals surface area (Å²) in [5, 5.41) is 4.37. The van der Waals surface area contributed by atoms with Crippen LogP contribution in [0, 0.1) is 0 Å². The predicted octanol–water partition coefficient (Wildman–Crippen LogP) is 1.55. The van der Waals surface area contributed by atoms with E-state index in [0.717, 1.165) is 23.6 Å². The van der Waals surface area contributed by atoms with Crippen LogP contribution in [0.4, 0.5) is 0 Å². The van der Waals surface area contributed by atoms with Gasteiger partial charge in [0.1, 0.15) is 12.2 Å². The molecule has 0 aliphatic rings. The standard InChI is InChI=1S/C13H15ClN6O/c1-19-5-3-9(18-19)4-6-20-10(7-14)17-11-12(20)15-8-16-13(11)21-2/h3,5,8H,4,6-7H2,1-2H3. The van der Waals surface area contributed by atoms with E-state index in [1.54, 1.807) is 11.8 Å². The number of halogens is 1. The maximum atomic E-state index is 5.99. The van der Waals surface area contributed by atoms with Gasteiger partial charge in [-0.1, -0.05) is 0 Å². The normalized spacial score (nSPS) is 11.2. The second kappa shape index (κ2) is 5.69. The fourth-order valence-corrected chi connectivity index (χ4v) is 2.47. The van der Waals surface area contributed by atoms with E-state index < -0.39 is 0 Å². The lowest BCUT2D eigenvalue weighted by Gasteiger charge is -2.05. The fourth-order valence-electron chi connectivity index (χ4n) is 2.27. The molecule has 3 aromatic rings. The Morgan fingerprint density at radius 3 is 2.86 bits per heavy atom. The maximum absolute atomic E-state index is 5.99. The Morgan fingerprint density at radius 2 is 2.19 bits per heavy atom. The first-order valence-electron chi connectivity index (χ1n) is 6.51. The third-order valence-electron chi connectivity index (χ3n) is 3.25. The highest BCUT2D eigenvalue weighted by molar-refractivity contribution is 6.16. The van der Waals surface area contributed by atoms with Crippen molar-refractivity contribution in [3.05, 3.63) is 30.1 Å². The molecule has 0 unspecified atom stereocenters. The quantitative estimate of drug-likeness (QED) is 0.669. The lowest BCUT2D eigenvalue weighted by atomic mass is 10.3. The number of imidazole rings is 1. The van der Waals surface area contributed by atoms with Gasteiger partial charge in [-0.15, -0.1) is 11.6 Å². The molecule has 0 aliphatic heterocycles. The monoisotopic (exact) mass is 306 g/mol. The Kier molecular flexibility index (Phi) is 3.74. The molecule has 0 fully saturated rings. The highest BCUT2D eigenvalue weighted by Crippen LogP contribution is 2.22. The number of methoxy groups -OCH3 is 1. The molecule has 0 saturated carbocycles. The van der Waals surface area contributed by atoms with E-state index >= 15 is 0 Å². The molecule has 21 heavy (non-hydrogen) atoms. The molecule has 7 nitrogen and oxygen atoms in total. The zero-order chi connectivity index (χ0) is 14.8. The van der Waals surface area contributed by atoms with Crippen LogP contribution in [0.25, 0.3) is 11.2 Å². The molecule has 110 valence electrons. The van der Waals surface area contributed by atoms with E-state index in [4.69, 9.17) is 16.3 Å². The third-order valence-corrected chi connectivity index (χ3v) is 3.49. The Bertz CT molecular complexity index is 765. The molecule has 0 aliphatic carbocycles. The lowest BCUT2D eigenvalue weighted by Crippen LogP contribution is -2.06. The van der Waals surface area contributed by atoms with E-state index in [1.807, 2.05) is 23.9 Å². The summed E-state index contributed by atoms with van der Waals surface area (Å²) < 4.78 is 8.99. The first-order chi connectivity index (χ1) is 10.2. The summed E-state index contributed by atoms with van der Waals surface area (Å²) in [6, 6.07) is 2.00. The van der Waals surface area contributed by atoms with Gasteiger partial charge in [0, 0.05) is 26.2 Å². The van der Waals surface area contributed by atoms with Crippen molar-refractivity contribution in [2.75, 3.05) is 7.11 Å². The highest BCUT2D eigenvalue weighted by atomic mass is 35.5. The van der Waals surface area contributed by atoms with E-state index in [2.05, 4.69) is 20.1 Å². The topological polar surface area (TPSA) is 70.7 Å². The van der Waals surface area contributed by atoms with Gasteiger partial charge in [-0.2, -0.15) is 10.1 Å². The minimum atomic E-state index is 0.307. The zero-order valence-electron chi connectivity index (χ0n) is 11.8.